The molecule has 0 aliphatic rings. The van der Waals surface area contributed by atoms with Crippen molar-refractivity contribution in [2.75, 3.05) is 0 Å². The molecule has 0 bridgehead atoms. The van der Waals surface area contributed by atoms with Gasteiger partial charge in [0.2, 0.25) is 5.78 Å². The molecule has 0 radical (unpaired) electrons. The first-order valence-electron chi connectivity index (χ1n) is 2.47. The van der Waals surface area contributed by atoms with Gasteiger partial charge in [-0.25, -0.2) is 0 Å². The van der Waals surface area contributed by atoms with Crippen LogP contribution in [-0.2, 0) is 4.79 Å². The minimum Gasteiger partial charge on any atom is -0.294 e. The van der Waals surface area contributed by atoms with Gasteiger partial charge in [-0.3, -0.25) is 9.59 Å². The van der Waals surface area contributed by atoms with Gasteiger partial charge in [-0.05, 0) is 22.0 Å². The van der Waals surface area contributed by atoms with Crippen LogP contribution in [-0.4, -0.2) is 12.1 Å². The van der Waals surface area contributed by atoms with Gasteiger partial charge in [0.05, 0.1) is 3.79 Å². The fraction of sp³-hybridized carbons (Fsp3) is 0. The van der Waals surface area contributed by atoms with Crippen molar-refractivity contribution in [2.24, 2.45) is 0 Å². The van der Waals surface area contributed by atoms with Crippen molar-refractivity contribution >= 4 is 39.3 Å². The maximum absolute atomic E-state index is 10.6. The van der Waals surface area contributed by atoms with Gasteiger partial charge in [0.1, 0.15) is 0 Å². The standard InChI is InChI=1S/C6H3BrO2S/c7-6-1-4(3-10-6)5(9)2-8/h1-3H. The van der Waals surface area contributed by atoms with Crippen molar-refractivity contribution in [3.8, 4) is 0 Å². The third-order valence-electron chi connectivity index (χ3n) is 0.959. The number of hydrogen-bond acceptors (Lipinski definition) is 3. The molecule has 0 unspecified atom stereocenters. The third kappa shape index (κ3) is 1.52. The van der Waals surface area contributed by atoms with Gasteiger partial charge in [0.25, 0.3) is 0 Å². The Morgan fingerprint density at radius 2 is 2.40 bits per heavy atom. The molecule has 1 aromatic rings. The van der Waals surface area contributed by atoms with E-state index in [0.717, 1.165) is 3.79 Å². The summed E-state index contributed by atoms with van der Waals surface area (Å²) in [4.78, 5) is 20.6. The quantitative estimate of drug-likeness (QED) is 0.432. The molecule has 0 amide bonds. The summed E-state index contributed by atoms with van der Waals surface area (Å²) in [7, 11) is 0. The Kier molecular flexibility index (Phi) is 2.34. The van der Waals surface area contributed by atoms with E-state index in [2.05, 4.69) is 15.9 Å². The number of halogens is 1. The Bertz CT molecular complexity index is 266. The predicted molar refractivity (Wildman–Crippen MR) is 42.4 cm³/mol. The maximum atomic E-state index is 10.6. The van der Waals surface area contributed by atoms with Crippen LogP contribution in [0.5, 0.6) is 0 Å². The first-order chi connectivity index (χ1) is 4.74. The SMILES string of the molecule is O=CC(=O)c1csc(Br)c1. The van der Waals surface area contributed by atoms with Crippen molar-refractivity contribution < 1.29 is 9.59 Å². The first kappa shape index (κ1) is 7.63. The van der Waals surface area contributed by atoms with Crippen molar-refractivity contribution in [3.63, 3.8) is 0 Å². The fourth-order valence-corrected chi connectivity index (χ4v) is 1.65. The molecule has 0 saturated carbocycles. The summed E-state index contributed by atoms with van der Waals surface area (Å²) in [6.07, 6.45) is 0.314. The molecule has 1 aromatic heterocycles. The molecule has 0 saturated heterocycles. The molecule has 0 fully saturated rings. The summed E-state index contributed by atoms with van der Waals surface area (Å²) in [5.74, 6) is -0.470. The minimum atomic E-state index is -0.470. The molecule has 0 N–H and O–H groups in total. The summed E-state index contributed by atoms with van der Waals surface area (Å²) in [6.45, 7) is 0. The second-order valence-electron chi connectivity index (χ2n) is 1.62. The van der Waals surface area contributed by atoms with E-state index in [1.807, 2.05) is 0 Å². The zero-order valence-electron chi connectivity index (χ0n) is 4.83. The number of carbonyl (C=O) groups excluding carboxylic acids is 2. The second-order valence-corrected chi connectivity index (χ2v) is 3.91. The normalized spacial score (nSPS) is 9.30. The number of rotatable bonds is 2. The Labute approximate surface area is 70.0 Å². The average molecular weight is 219 g/mol. The van der Waals surface area contributed by atoms with E-state index >= 15 is 0 Å². The molecule has 0 spiro atoms. The summed E-state index contributed by atoms with van der Waals surface area (Å²) >= 11 is 4.57. The molecule has 2 nitrogen and oxygen atoms in total. The van der Waals surface area contributed by atoms with E-state index < -0.39 is 5.78 Å². The molecule has 4 heteroatoms. The summed E-state index contributed by atoms with van der Waals surface area (Å²) in [5, 5.41) is 1.64. The topological polar surface area (TPSA) is 34.1 Å². The van der Waals surface area contributed by atoms with Gasteiger partial charge in [0.15, 0.2) is 6.29 Å². The van der Waals surface area contributed by atoms with Gasteiger partial charge < -0.3 is 0 Å². The average Bonchev–Trinajstić information content (AvgIpc) is 2.34. The highest BCUT2D eigenvalue weighted by molar-refractivity contribution is 9.11. The van der Waals surface area contributed by atoms with Gasteiger partial charge in [-0.1, -0.05) is 0 Å². The minimum absolute atomic E-state index is 0.314. The highest BCUT2D eigenvalue weighted by Gasteiger charge is 2.04. The molecule has 0 aromatic carbocycles. The number of carbonyl (C=O) groups is 2. The lowest BCUT2D eigenvalue weighted by atomic mass is 10.2. The fourth-order valence-electron chi connectivity index (χ4n) is 0.507. The van der Waals surface area contributed by atoms with E-state index in [0.29, 0.717) is 11.8 Å². The molecular weight excluding hydrogens is 216 g/mol. The lowest BCUT2D eigenvalue weighted by Gasteiger charge is -1.79. The van der Waals surface area contributed by atoms with Crippen LogP contribution in [0.15, 0.2) is 15.2 Å². The zero-order valence-corrected chi connectivity index (χ0v) is 7.24. The molecule has 1 heterocycles. The van der Waals surface area contributed by atoms with Crippen molar-refractivity contribution in [2.45, 2.75) is 0 Å². The number of ketones is 1. The van der Waals surface area contributed by atoms with Crippen LogP contribution in [0.25, 0.3) is 0 Å². The van der Waals surface area contributed by atoms with Crippen LogP contribution in [0.2, 0.25) is 0 Å². The Hall–Kier alpha value is -0.480. The molecule has 0 aliphatic carbocycles. The maximum Gasteiger partial charge on any atom is 0.226 e. The number of thiophene rings is 1. The number of Topliss-reactive ketones (excluding diaryl/α,β-unsaturated/α-hetero) is 1. The highest BCUT2D eigenvalue weighted by Crippen LogP contribution is 2.20. The Balaban J connectivity index is 2.95. The molecular formula is C6H3BrO2S. The van der Waals surface area contributed by atoms with E-state index in [4.69, 9.17) is 0 Å². The first-order valence-corrected chi connectivity index (χ1v) is 4.15. The molecule has 52 valence electrons. The van der Waals surface area contributed by atoms with E-state index in [1.54, 1.807) is 11.4 Å². The van der Waals surface area contributed by atoms with Crippen LogP contribution in [0.1, 0.15) is 10.4 Å². The van der Waals surface area contributed by atoms with Crippen LogP contribution in [0.4, 0.5) is 0 Å². The van der Waals surface area contributed by atoms with Crippen LogP contribution in [0, 0.1) is 0 Å². The Morgan fingerprint density at radius 1 is 1.70 bits per heavy atom. The number of aldehydes is 1. The van der Waals surface area contributed by atoms with Gasteiger partial charge in [-0.2, -0.15) is 0 Å². The summed E-state index contributed by atoms with van der Waals surface area (Å²) < 4.78 is 0.859. The van der Waals surface area contributed by atoms with Crippen molar-refractivity contribution in [1.82, 2.24) is 0 Å². The summed E-state index contributed by atoms with van der Waals surface area (Å²) in [5.41, 5.74) is 0.451. The van der Waals surface area contributed by atoms with Crippen molar-refractivity contribution in [1.29, 1.82) is 0 Å². The zero-order chi connectivity index (χ0) is 7.56. The molecule has 1 rings (SSSR count). The smallest absolute Gasteiger partial charge is 0.226 e. The van der Waals surface area contributed by atoms with E-state index in [1.165, 1.54) is 11.3 Å². The van der Waals surface area contributed by atoms with Crippen LogP contribution in [0.3, 0.4) is 0 Å². The number of hydrogen-bond donors (Lipinski definition) is 0. The third-order valence-corrected chi connectivity index (χ3v) is 2.46. The van der Waals surface area contributed by atoms with E-state index in [-0.39, 0.29) is 0 Å². The van der Waals surface area contributed by atoms with Crippen molar-refractivity contribution in [3.05, 3.63) is 20.8 Å². The monoisotopic (exact) mass is 218 g/mol. The van der Waals surface area contributed by atoms with Gasteiger partial charge >= 0.3 is 0 Å². The second kappa shape index (κ2) is 3.07. The predicted octanol–water partition coefficient (Wildman–Crippen LogP) is 1.89. The molecule has 0 aliphatic heterocycles. The summed E-state index contributed by atoms with van der Waals surface area (Å²) in [6, 6.07) is 1.63. The molecule has 0 atom stereocenters. The lowest BCUT2D eigenvalue weighted by molar-refractivity contribution is -0.104. The molecule has 10 heavy (non-hydrogen) atoms. The van der Waals surface area contributed by atoms with Crippen LogP contribution < -0.4 is 0 Å². The highest BCUT2D eigenvalue weighted by atomic mass is 79.9. The largest absolute Gasteiger partial charge is 0.294 e. The van der Waals surface area contributed by atoms with Gasteiger partial charge in [0, 0.05) is 10.9 Å². The van der Waals surface area contributed by atoms with E-state index in [9.17, 15) is 9.59 Å². The van der Waals surface area contributed by atoms with Gasteiger partial charge in [-0.15, -0.1) is 11.3 Å². The lowest BCUT2D eigenvalue weighted by Crippen LogP contribution is -1.96. The van der Waals surface area contributed by atoms with Crippen LogP contribution >= 0.6 is 27.3 Å². The Morgan fingerprint density at radius 3 is 2.80 bits per heavy atom.